The average Bonchev–Trinajstić information content (AvgIpc) is 2.45. The predicted octanol–water partition coefficient (Wildman–Crippen LogP) is 2.77. The number of nitro groups is 1. The fourth-order valence-corrected chi connectivity index (χ4v) is 2.03. The van der Waals surface area contributed by atoms with E-state index < -0.39 is 4.92 Å². The summed E-state index contributed by atoms with van der Waals surface area (Å²) >= 11 is 0. The van der Waals surface area contributed by atoms with Crippen LogP contribution in [0.2, 0.25) is 0 Å². The summed E-state index contributed by atoms with van der Waals surface area (Å²) in [7, 11) is 0. The van der Waals surface area contributed by atoms with Gasteiger partial charge < -0.3 is 10.5 Å². The molecule has 0 spiro atoms. The van der Waals surface area contributed by atoms with E-state index in [1.807, 2.05) is 0 Å². The third-order valence-electron chi connectivity index (χ3n) is 3.07. The molecule has 6 nitrogen and oxygen atoms in total. The summed E-state index contributed by atoms with van der Waals surface area (Å²) in [5.74, 6) is 0.175. The Kier molecular flexibility index (Phi) is 4.18. The van der Waals surface area contributed by atoms with Gasteiger partial charge in [-0.25, -0.2) is 0 Å². The van der Waals surface area contributed by atoms with Crippen molar-refractivity contribution in [2.45, 2.75) is 13.5 Å². The summed E-state index contributed by atoms with van der Waals surface area (Å²) in [5, 5.41) is 18.6. The smallest absolute Gasteiger partial charge is 0.311 e. The van der Waals surface area contributed by atoms with Crippen molar-refractivity contribution in [1.82, 2.24) is 0 Å². The molecule has 2 aromatic carbocycles. The maximum Gasteiger partial charge on any atom is 0.311 e. The van der Waals surface area contributed by atoms with Crippen LogP contribution in [0, 0.1) is 22.4 Å². The van der Waals surface area contributed by atoms with Crippen molar-refractivity contribution in [3.8, 4) is 5.75 Å². The Morgan fingerprint density at radius 2 is 2.00 bits per heavy atom. The quantitative estimate of drug-likeness (QED) is 0.381. The van der Waals surface area contributed by atoms with Crippen LogP contribution in [0.3, 0.4) is 0 Å². The molecule has 3 N–H and O–H groups in total. The normalized spacial score (nSPS) is 10.1. The Balaban J connectivity index is 2.29. The molecule has 0 saturated heterocycles. The van der Waals surface area contributed by atoms with Gasteiger partial charge in [0.2, 0.25) is 0 Å². The highest BCUT2D eigenvalue weighted by Crippen LogP contribution is 2.31. The summed E-state index contributed by atoms with van der Waals surface area (Å²) in [6, 6.07) is 11.8. The van der Waals surface area contributed by atoms with Crippen LogP contribution in [0.5, 0.6) is 5.75 Å². The van der Waals surface area contributed by atoms with Crippen molar-refractivity contribution in [2.75, 3.05) is 0 Å². The second-order valence-corrected chi connectivity index (χ2v) is 4.54. The van der Waals surface area contributed by atoms with Gasteiger partial charge in [0.1, 0.15) is 12.4 Å². The summed E-state index contributed by atoms with van der Waals surface area (Å²) in [6.07, 6.45) is 0. The number of nitrogens with two attached hydrogens (primary N) is 1. The topological polar surface area (TPSA) is 102 Å². The maximum absolute atomic E-state index is 11.0. The van der Waals surface area contributed by atoms with Crippen LogP contribution in [-0.4, -0.2) is 10.8 Å². The summed E-state index contributed by atoms with van der Waals surface area (Å²) in [5.41, 5.74) is 7.40. The number of hydrogen-bond donors (Lipinski definition) is 2. The molecule has 0 atom stereocenters. The van der Waals surface area contributed by atoms with Gasteiger partial charge in [0.15, 0.2) is 5.75 Å². The molecule has 0 bridgehead atoms. The van der Waals surface area contributed by atoms with Crippen LogP contribution in [0.1, 0.15) is 16.7 Å². The van der Waals surface area contributed by atoms with Crippen molar-refractivity contribution in [2.24, 2.45) is 5.73 Å². The third-order valence-corrected chi connectivity index (χ3v) is 3.07. The van der Waals surface area contributed by atoms with Crippen molar-refractivity contribution >= 4 is 11.5 Å². The summed E-state index contributed by atoms with van der Waals surface area (Å²) in [6.45, 7) is 1.86. The first-order valence-electron chi connectivity index (χ1n) is 6.30. The van der Waals surface area contributed by atoms with Gasteiger partial charge in [0.05, 0.1) is 4.92 Å². The molecule has 0 fully saturated rings. The Morgan fingerprint density at radius 1 is 1.29 bits per heavy atom. The first-order chi connectivity index (χ1) is 10.0. The van der Waals surface area contributed by atoms with Gasteiger partial charge in [-0.05, 0) is 12.5 Å². The molecule has 6 heteroatoms. The van der Waals surface area contributed by atoms with E-state index in [1.165, 1.54) is 6.07 Å². The molecule has 0 amide bonds. The molecule has 0 heterocycles. The first kappa shape index (κ1) is 14.5. The largest absolute Gasteiger partial charge is 0.482 e. The number of ether oxygens (including phenoxy) is 1. The van der Waals surface area contributed by atoms with Crippen LogP contribution in [0.4, 0.5) is 5.69 Å². The molecule has 0 aliphatic carbocycles. The van der Waals surface area contributed by atoms with Gasteiger partial charge in [-0.2, -0.15) is 0 Å². The van der Waals surface area contributed by atoms with Gasteiger partial charge in [-0.3, -0.25) is 15.5 Å². The molecule has 0 aromatic heterocycles. The Morgan fingerprint density at radius 3 is 2.67 bits per heavy atom. The molecule has 2 aromatic rings. The fraction of sp³-hybridized carbons (Fsp3) is 0.133. The van der Waals surface area contributed by atoms with Crippen LogP contribution in [0.15, 0.2) is 42.5 Å². The first-order valence-corrected chi connectivity index (χ1v) is 6.30. The van der Waals surface area contributed by atoms with Crippen molar-refractivity contribution < 1.29 is 9.66 Å². The zero-order valence-corrected chi connectivity index (χ0v) is 11.5. The Labute approximate surface area is 121 Å². The van der Waals surface area contributed by atoms with Crippen LogP contribution in [-0.2, 0) is 6.61 Å². The number of nitrogens with zero attached hydrogens (tertiary/aromatic N) is 1. The maximum atomic E-state index is 11.0. The molecule has 108 valence electrons. The Hall–Kier alpha value is -2.89. The summed E-state index contributed by atoms with van der Waals surface area (Å²) in [4.78, 5) is 10.6. The number of hydrogen-bond acceptors (Lipinski definition) is 4. The van der Waals surface area contributed by atoms with Gasteiger partial charge in [-0.15, -0.1) is 0 Å². The predicted molar refractivity (Wildman–Crippen MR) is 79.6 cm³/mol. The highest BCUT2D eigenvalue weighted by Gasteiger charge is 2.17. The van der Waals surface area contributed by atoms with Gasteiger partial charge in [0, 0.05) is 17.2 Å². The van der Waals surface area contributed by atoms with E-state index in [-0.39, 0.29) is 23.9 Å². The molecule has 0 aliphatic rings. The monoisotopic (exact) mass is 285 g/mol. The van der Waals surface area contributed by atoms with Crippen molar-refractivity contribution in [3.05, 3.63) is 69.3 Å². The molecule has 0 radical (unpaired) electrons. The summed E-state index contributed by atoms with van der Waals surface area (Å²) < 4.78 is 5.61. The number of benzene rings is 2. The third kappa shape index (κ3) is 3.17. The van der Waals surface area contributed by atoms with Gasteiger partial charge in [0.25, 0.3) is 0 Å². The highest BCUT2D eigenvalue weighted by atomic mass is 16.6. The lowest BCUT2D eigenvalue weighted by atomic mass is 10.1. The number of nitrogen functional groups attached to an aromatic ring is 1. The van der Waals surface area contributed by atoms with E-state index in [9.17, 15) is 10.1 Å². The second-order valence-electron chi connectivity index (χ2n) is 4.54. The van der Waals surface area contributed by atoms with E-state index in [0.29, 0.717) is 16.7 Å². The number of para-hydroxylation sites is 1. The number of amidine groups is 1. The van der Waals surface area contributed by atoms with E-state index in [2.05, 4.69) is 0 Å². The lowest BCUT2D eigenvalue weighted by molar-refractivity contribution is -0.386. The van der Waals surface area contributed by atoms with Crippen LogP contribution in [0.25, 0.3) is 0 Å². The fourth-order valence-electron chi connectivity index (χ4n) is 2.03. The number of rotatable bonds is 5. The number of aryl methyl sites for hydroxylation is 1. The molecular formula is C15H15N3O3. The molecule has 0 saturated carbocycles. The van der Waals surface area contributed by atoms with Crippen molar-refractivity contribution in [3.63, 3.8) is 0 Å². The number of nitro benzene ring substituents is 1. The van der Waals surface area contributed by atoms with Crippen LogP contribution >= 0.6 is 0 Å². The average molecular weight is 285 g/mol. The SMILES string of the molecule is Cc1cccc([N+](=O)[O-])c1OCc1ccccc1C(=N)N. The second kappa shape index (κ2) is 6.04. The minimum Gasteiger partial charge on any atom is -0.482 e. The van der Waals surface area contributed by atoms with E-state index in [1.54, 1.807) is 43.3 Å². The lowest BCUT2D eigenvalue weighted by Crippen LogP contribution is -2.15. The standard InChI is InChI=1S/C15H15N3O3/c1-10-5-4-8-13(18(19)20)14(10)21-9-11-6-2-3-7-12(11)15(16)17/h2-8H,9H2,1H3,(H3,16,17). The zero-order valence-electron chi connectivity index (χ0n) is 11.5. The lowest BCUT2D eigenvalue weighted by Gasteiger charge is -2.12. The molecule has 21 heavy (non-hydrogen) atoms. The van der Waals surface area contributed by atoms with Crippen LogP contribution < -0.4 is 10.5 Å². The van der Waals surface area contributed by atoms with E-state index in [4.69, 9.17) is 15.9 Å². The highest BCUT2D eigenvalue weighted by molar-refractivity contribution is 5.96. The minimum absolute atomic E-state index is 0.0616. The Bertz CT molecular complexity index is 698. The van der Waals surface area contributed by atoms with E-state index in [0.717, 1.165) is 0 Å². The van der Waals surface area contributed by atoms with Gasteiger partial charge >= 0.3 is 5.69 Å². The van der Waals surface area contributed by atoms with Gasteiger partial charge in [-0.1, -0.05) is 36.4 Å². The van der Waals surface area contributed by atoms with Crippen molar-refractivity contribution in [1.29, 1.82) is 5.41 Å². The number of nitrogens with one attached hydrogen (secondary N) is 1. The minimum atomic E-state index is -0.473. The molecular weight excluding hydrogens is 270 g/mol. The zero-order chi connectivity index (χ0) is 15.4. The van der Waals surface area contributed by atoms with E-state index >= 15 is 0 Å². The molecule has 2 rings (SSSR count). The molecule has 0 aliphatic heterocycles. The molecule has 0 unspecified atom stereocenters.